The SMILES string of the molecule is O=[C]c1ncccc1C(=O)O. The fourth-order valence-corrected chi connectivity index (χ4v) is 0.659. The molecule has 1 N–H and O–H groups in total. The Morgan fingerprint density at radius 2 is 2.36 bits per heavy atom. The molecule has 1 aromatic rings. The van der Waals surface area contributed by atoms with Crippen molar-refractivity contribution in [3.05, 3.63) is 29.6 Å². The Hall–Kier alpha value is -1.71. The molecule has 0 spiro atoms. The standard InChI is InChI=1S/C7H4NO3/c9-4-6-5(7(10)11)2-1-3-8-6/h1-3H,(H,10,11). The van der Waals surface area contributed by atoms with E-state index in [4.69, 9.17) is 5.11 Å². The maximum absolute atomic E-state index is 10.4. The molecule has 1 heterocycles. The Bertz CT molecular complexity index is 295. The normalized spacial score (nSPS) is 9.09. The number of carboxylic acids is 1. The number of aromatic nitrogens is 1. The highest BCUT2D eigenvalue weighted by molar-refractivity contribution is 5.95. The lowest BCUT2D eigenvalue weighted by molar-refractivity contribution is 0.0696. The van der Waals surface area contributed by atoms with Gasteiger partial charge in [0, 0.05) is 6.20 Å². The van der Waals surface area contributed by atoms with Crippen LogP contribution in [0.15, 0.2) is 18.3 Å². The number of aromatic carboxylic acids is 1. The monoisotopic (exact) mass is 150 g/mol. The molecule has 0 aliphatic carbocycles. The summed E-state index contributed by atoms with van der Waals surface area (Å²) in [6, 6.07) is 2.75. The molecule has 0 fully saturated rings. The molecule has 0 atom stereocenters. The van der Waals surface area contributed by atoms with Crippen molar-refractivity contribution in [1.82, 2.24) is 4.98 Å². The number of carboxylic acid groups (broad SMARTS) is 1. The average molecular weight is 150 g/mol. The molecular formula is C7H4NO3. The van der Waals surface area contributed by atoms with E-state index in [2.05, 4.69) is 4.98 Å². The van der Waals surface area contributed by atoms with Crippen molar-refractivity contribution in [2.75, 3.05) is 0 Å². The number of nitrogens with zero attached hydrogens (tertiary/aromatic N) is 1. The summed E-state index contributed by atoms with van der Waals surface area (Å²) in [5, 5.41) is 8.48. The molecule has 0 aromatic carbocycles. The zero-order valence-electron chi connectivity index (χ0n) is 5.44. The zero-order chi connectivity index (χ0) is 8.27. The zero-order valence-corrected chi connectivity index (χ0v) is 5.44. The minimum atomic E-state index is -1.17. The maximum Gasteiger partial charge on any atom is 0.338 e. The third kappa shape index (κ3) is 1.40. The molecule has 0 aliphatic rings. The summed E-state index contributed by atoms with van der Waals surface area (Å²) in [6.45, 7) is 0. The van der Waals surface area contributed by atoms with Gasteiger partial charge in [0.1, 0.15) is 5.69 Å². The van der Waals surface area contributed by atoms with Crippen molar-refractivity contribution in [1.29, 1.82) is 0 Å². The fraction of sp³-hybridized carbons (Fsp3) is 0. The summed E-state index contributed by atoms with van der Waals surface area (Å²) in [5.41, 5.74) is -0.289. The van der Waals surface area contributed by atoms with E-state index in [0.29, 0.717) is 0 Å². The highest BCUT2D eigenvalue weighted by Gasteiger charge is 2.08. The van der Waals surface area contributed by atoms with E-state index in [1.807, 2.05) is 0 Å². The number of rotatable bonds is 2. The second-order valence-corrected chi connectivity index (χ2v) is 1.81. The van der Waals surface area contributed by atoms with Gasteiger partial charge in [-0.25, -0.2) is 4.79 Å². The van der Waals surface area contributed by atoms with E-state index < -0.39 is 5.97 Å². The van der Waals surface area contributed by atoms with Gasteiger partial charge in [-0.2, -0.15) is 0 Å². The van der Waals surface area contributed by atoms with Crippen LogP contribution in [0.4, 0.5) is 0 Å². The Balaban J connectivity index is 3.22. The van der Waals surface area contributed by atoms with Gasteiger partial charge in [0.2, 0.25) is 0 Å². The van der Waals surface area contributed by atoms with Crippen molar-refractivity contribution in [3.8, 4) is 0 Å². The molecule has 4 heteroatoms. The summed E-state index contributed by atoms with van der Waals surface area (Å²) in [5.74, 6) is -1.17. The first-order chi connectivity index (χ1) is 5.25. The highest BCUT2D eigenvalue weighted by Crippen LogP contribution is 2.01. The molecule has 1 aromatic heterocycles. The Morgan fingerprint density at radius 3 is 2.82 bits per heavy atom. The number of carbonyl (C=O) groups is 1. The van der Waals surface area contributed by atoms with Gasteiger partial charge in [-0.05, 0) is 12.1 Å². The lowest BCUT2D eigenvalue weighted by Gasteiger charge is -1.93. The summed E-state index contributed by atoms with van der Waals surface area (Å²) >= 11 is 0. The van der Waals surface area contributed by atoms with Gasteiger partial charge in [-0.15, -0.1) is 0 Å². The van der Waals surface area contributed by atoms with Crippen LogP contribution in [-0.4, -0.2) is 22.3 Å². The van der Waals surface area contributed by atoms with Crippen molar-refractivity contribution in [3.63, 3.8) is 0 Å². The van der Waals surface area contributed by atoms with Crippen LogP contribution in [0.5, 0.6) is 0 Å². The molecule has 0 bridgehead atoms. The van der Waals surface area contributed by atoms with Crippen LogP contribution in [0.1, 0.15) is 16.1 Å². The van der Waals surface area contributed by atoms with E-state index in [1.54, 1.807) is 0 Å². The maximum atomic E-state index is 10.4. The molecule has 1 radical (unpaired) electrons. The van der Waals surface area contributed by atoms with Crippen LogP contribution < -0.4 is 0 Å². The largest absolute Gasteiger partial charge is 0.478 e. The van der Waals surface area contributed by atoms with Gasteiger partial charge in [-0.3, -0.25) is 9.78 Å². The molecule has 0 amide bonds. The number of hydrogen-bond acceptors (Lipinski definition) is 3. The van der Waals surface area contributed by atoms with Gasteiger partial charge in [0.15, 0.2) is 0 Å². The lowest BCUT2D eigenvalue weighted by Crippen LogP contribution is -2.03. The summed E-state index contributed by atoms with van der Waals surface area (Å²) in [4.78, 5) is 24.0. The van der Waals surface area contributed by atoms with Crippen LogP contribution in [0.2, 0.25) is 0 Å². The average Bonchev–Trinajstić information content (AvgIpc) is 2.04. The Morgan fingerprint density at radius 1 is 1.64 bits per heavy atom. The molecule has 4 nitrogen and oxygen atoms in total. The van der Waals surface area contributed by atoms with Crippen molar-refractivity contribution >= 4 is 12.3 Å². The first kappa shape index (κ1) is 7.40. The van der Waals surface area contributed by atoms with Crippen molar-refractivity contribution < 1.29 is 14.7 Å². The van der Waals surface area contributed by atoms with Crippen LogP contribution in [0.3, 0.4) is 0 Å². The van der Waals surface area contributed by atoms with E-state index in [-0.39, 0.29) is 11.3 Å². The van der Waals surface area contributed by atoms with E-state index in [1.165, 1.54) is 24.6 Å². The Labute approximate surface area is 62.5 Å². The smallest absolute Gasteiger partial charge is 0.338 e. The Kier molecular flexibility index (Phi) is 1.96. The molecule has 1 rings (SSSR count). The first-order valence-corrected chi connectivity index (χ1v) is 2.82. The molecule has 11 heavy (non-hydrogen) atoms. The molecule has 0 aliphatic heterocycles. The van der Waals surface area contributed by atoms with Crippen molar-refractivity contribution in [2.24, 2.45) is 0 Å². The molecule has 0 saturated carbocycles. The number of pyridine rings is 1. The van der Waals surface area contributed by atoms with E-state index in [9.17, 15) is 9.59 Å². The van der Waals surface area contributed by atoms with Crippen LogP contribution in [0.25, 0.3) is 0 Å². The van der Waals surface area contributed by atoms with Gasteiger partial charge in [0.25, 0.3) is 6.29 Å². The number of carbonyl (C=O) groups excluding carboxylic acids is 1. The predicted molar refractivity (Wildman–Crippen MR) is 36.0 cm³/mol. The minimum absolute atomic E-state index is 0.123. The predicted octanol–water partition coefficient (Wildman–Crippen LogP) is 0.238. The third-order valence-corrected chi connectivity index (χ3v) is 1.13. The summed E-state index contributed by atoms with van der Waals surface area (Å²) in [7, 11) is 0. The molecular weight excluding hydrogens is 146 g/mol. The highest BCUT2D eigenvalue weighted by atomic mass is 16.4. The van der Waals surface area contributed by atoms with Crippen LogP contribution in [0, 0.1) is 0 Å². The summed E-state index contributed by atoms with van der Waals surface area (Å²) < 4.78 is 0. The fourth-order valence-electron chi connectivity index (χ4n) is 0.659. The van der Waals surface area contributed by atoms with E-state index in [0.717, 1.165) is 0 Å². The second-order valence-electron chi connectivity index (χ2n) is 1.81. The topological polar surface area (TPSA) is 67.3 Å². The van der Waals surface area contributed by atoms with Crippen LogP contribution in [-0.2, 0) is 4.79 Å². The number of hydrogen-bond donors (Lipinski definition) is 1. The summed E-state index contributed by atoms with van der Waals surface area (Å²) in [6.07, 6.45) is 2.77. The molecule has 0 unspecified atom stereocenters. The quantitative estimate of drug-likeness (QED) is 0.655. The molecule has 0 saturated heterocycles. The third-order valence-electron chi connectivity index (χ3n) is 1.13. The second kappa shape index (κ2) is 2.92. The lowest BCUT2D eigenvalue weighted by atomic mass is 10.2. The van der Waals surface area contributed by atoms with Gasteiger partial charge < -0.3 is 5.11 Å². The molecule has 55 valence electrons. The van der Waals surface area contributed by atoms with Crippen LogP contribution >= 0.6 is 0 Å². The van der Waals surface area contributed by atoms with Gasteiger partial charge >= 0.3 is 5.97 Å². The van der Waals surface area contributed by atoms with Gasteiger partial charge in [0.05, 0.1) is 5.56 Å². The first-order valence-electron chi connectivity index (χ1n) is 2.82. The van der Waals surface area contributed by atoms with E-state index >= 15 is 0 Å². The van der Waals surface area contributed by atoms with Gasteiger partial charge in [-0.1, -0.05) is 0 Å². The van der Waals surface area contributed by atoms with Crippen molar-refractivity contribution in [2.45, 2.75) is 0 Å². The minimum Gasteiger partial charge on any atom is -0.478 e.